The lowest BCUT2D eigenvalue weighted by molar-refractivity contribution is 0.101. The number of nitrogens with zero attached hydrogens (tertiary/aromatic N) is 2. The van der Waals surface area contributed by atoms with Crippen LogP contribution in [0.4, 0.5) is 4.39 Å². The number of ketones is 1. The minimum Gasteiger partial charge on any atom is -0.295 e. The molecule has 6 heteroatoms. The molecule has 0 radical (unpaired) electrons. The number of rotatable bonds is 3. The van der Waals surface area contributed by atoms with Gasteiger partial charge in [-0.05, 0) is 30.6 Å². The van der Waals surface area contributed by atoms with Gasteiger partial charge in [-0.3, -0.25) is 4.79 Å². The van der Waals surface area contributed by atoms with Gasteiger partial charge in [-0.2, -0.15) is 4.37 Å². The fourth-order valence-corrected chi connectivity index (χ4v) is 2.51. The normalized spacial score (nSPS) is 10.4. The molecule has 0 fully saturated rings. The summed E-state index contributed by atoms with van der Waals surface area (Å²) in [6.45, 7) is 1.41. The van der Waals surface area contributed by atoms with Crippen molar-refractivity contribution >= 4 is 29.1 Å². The molecule has 1 heterocycles. The van der Waals surface area contributed by atoms with Crippen LogP contribution in [-0.2, 0) is 0 Å². The monoisotopic (exact) mass is 254 g/mol. The van der Waals surface area contributed by atoms with Crippen molar-refractivity contribution in [3.8, 4) is 0 Å². The van der Waals surface area contributed by atoms with E-state index in [0.717, 1.165) is 0 Å². The Bertz CT molecular complexity index is 514. The first-order chi connectivity index (χ1) is 7.66. The molecule has 1 aromatic carbocycles. The smallest absolute Gasteiger partial charge is 0.174 e. The van der Waals surface area contributed by atoms with Crippen LogP contribution in [0.1, 0.15) is 17.3 Å². The SMILES string of the molecule is CC(=O)c1ccc(Sc2ncns2)c(F)c1. The molecule has 0 saturated heterocycles. The van der Waals surface area contributed by atoms with Gasteiger partial charge in [0.25, 0.3) is 0 Å². The summed E-state index contributed by atoms with van der Waals surface area (Å²) in [4.78, 5) is 15.4. The van der Waals surface area contributed by atoms with Gasteiger partial charge in [0.1, 0.15) is 12.1 Å². The first-order valence-corrected chi connectivity index (χ1v) is 6.01. The second kappa shape index (κ2) is 4.71. The molecular formula is C10H7FN2OS2. The van der Waals surface area contributed by atoms with Crippen LogP contribution in [-0.4, -0.2) is 15.1 Å². The van der Waals surface area contributed by atoms with Crippen LogP contribution >= 0.6 is 23.3 Å². The van der Waals surface area contributed by atoms with Crippen LogP contribution < -0.4 is 0 Å². The van der Waals surface area contributed by atoms with E-state index in [1.807, 2.05) is 0 Å². The largest absolute Gasteiger partial charge is 0.295 e. The minimum absolute atomic E-state index is 0.147. The summed E-state index contributed by atoms with van der Waals surface area (Å²) in [6, 6.07) is 4.43. The summed E-state index contributed by atoms with van der Waals surface area (Å²) in [6.07, 6.45) is 1.43. The van der Waals surface area contributed by atoms with E-state index in [9.17, 15) is 9.18 Å². The zero-order chi connectivity index (χ0) is 11.5. The van der Waals surface area contributed by atoms with Crippen LogP contribution in [0.25, 0.3) is 0 Å². The number of halogens is 1. The molecular weight excluding hydrogens is 247 g/mol. The molecule has 0 saturated carbocycles. The summed E-state index contributed by atoms with van der Waals surface area (Å²) in [7, 11) is 0. The van der Waals surface area contributed by atoms with Crippen LogP contribution in [0, 0.1) is 5.82 Å². The average molecular weight is 254 g/mol. The Morgan fingerprint density at radius 3 is 2.88 bits per heavy atom. The van der Waals surface area contributed by atoms with Gasteiger partial charge in [-0.25, -0.2) is 9.37 Å². The van der Waals surface area contributed by atoms with E-state index in [-0.39, 0.29) is 5.78 Å². The molecule has 0 aliphatic carbocycles. The van der Waals surface area contributed by atoms with E-state index in [4.69, 9.17) is 0 Å². The molecule has 3 nitrogen and oxygen atoms in total. The number of carbonyl (C=O) groups excluding carboxylic acids is 1. The fourth-order valence-electron chi connectivity index (χ4n) is 1.10. The van der Waals surface area contributed by atoms with E-state index in [2.05, 4.69) is 9.36 Å². The van der Waals surface area contributed by atoms with Crippen molar-refractivity contribution < 1.29 is 9.18 Å². The highest BCUT2D eigenvalue weighted by Crippen LogP contribution is 2.30. The summed E-state index contributed by atoms with van der Waals surface area (Å²) in [5, 5.41) is 0. The predicted octanol–water partition coefficient (Wildman–Crippen LogP) is 3.03. The number of Topliss-reactive ketones (excluding diaryl/α,β-unsaturated/α-hetero) is 1. The van der Waals surface area contributed by atoms with Crippen molar-refractivity contribution in [3.63, 3.8) is 0 Å². The van der Waals surface area contributed by atoms with Crippen LogP contribution in [0.5, 0.6) is 0 Å². The Kier molecular flexibility index (Phi) is 3.31. The van der Waals surface area contributed by atoms with Gasteiger partial charge in [-0.15, -0.1) is 0 Å². The van der Waals surface area contributed by atoms with E-state index in [0.29, 0.717) is 14.8 Å². The third-order valence-corrected chi connectivity index (χ3v) is 3.64. The third kappa shape index (κ3) is 2.45. The van der Waals surface area contributed by atoms with Crippen molar-refractivity contribution in [2.75, 3.05) is 0 Å². The minimum atomic E-state index is -0.409. The van der Waals surface area contributed by atoms with E-state index in [1.54, 1.807) is 12.1 Å². The molecule has 0 atom stereocenters. The molecule has 1 aromatic heterocycles. The standard InChI is InChI=1S/C10H7FN2OS2/c1-6(14)7-2-3-9(8(11)4-7)15-10-12-5-13-16-10/h2-5H,1H3. The molecule has 0 aliphatic rings. The van der Waals surface area contributed by atoms with Gasteiger partial charge in [-0.1, -0.05) is 17.8 Å². The Morgan fingerprint density at radius 2 is 2.31 bits per heavy atom. The molecule has 0 bridgehead atoms. The van der Waals surface area contributed by atoms with Crippen molar-refractivity contribution in [3.05, 3.63) is 35.9 Å². The number of benzene rings is 1. The summed E-state index contributed by atoms with van der Waals surface area (Å²) in [5.74, 6) is -0.556. The summed E-state index contributed by atoms with van der Waals surface area (Å²) in [5.41, 5.74) is 0.374. The van der Waals surface area contributed by atoms with Gasteiger partial charge in [0, 0.05) is 5.56 Å². The summed E-state index contributed by atoms with van der Waals surface area (Å²) < 4.78 is 18.1. The average Bonchev–Trinajstić information content (AvgIpc) is 2.73. The highest BCUT2D eigenvalue weighted by molar-refractivity contribution is 8.01. The number of aromatic nitrogens is 2. The predicted molar refractivity (Wildman–Crippen MR) is 60.4 cm³/mol. The Morgan fingerprint density at radius 1 is 1.50 bits per heavy atom. The molecule has 82 valence electrons. The van der Waals surface area contributed by atoms with Gasteiger partial charge in [0.2, 0.25) is 0 Å². The van der Waals surface area contributed by atoms with Crippen LogP contribution in [0.3, 0.4) is 0 Å². The molecule has 2 rings (SSSR count). The number of hydrogen-bond acceptors (Lipinski definition) is 5. The lowest BCUT2D eigenvalue weighted by Crippen LogP contribution is -1.93. The fraction of sp³-hybridized carbons (Fsp3) is 0.100. The molecule has 16 heavy (non-hydrogen) atoms. The highest BCUT2D eigenvalue weighted by atomic mass is 32.2. The maximum Gasteiger partial charge on any atom is 0.174 e. The van der Waals surface area contributed by atoms with Crippen molar-refractivity contribution in [2.24, 2.45) is 0 Å². The Hall–Kier alpha value is -1.27. The third-order valence-electron chi connectivity index (χ3n) is 1.88. The molecule has 0 aliphatic heterocycles. The van der Waals surface area contributed by atoms with Gasteiger partial charge < -0.3 is 0 Å². The lowest BCUT2D eigenvalue weighted by Gasteiger charge is -2.01. The number of carbonyl (C=O) groups is 1. The highest BCUT2D eigenvalue weighted by Gasteiger charge is 2.09. The molecule has 0 unspecified atom stereocenters. The maximum atomic E-state index is 13.6. The first-order valence-electron chi connectivity index (χ1n) is 4.42. The molecule has 0 N–H and O–H groups in total. The van der Waals surface area contributed by atoms with Crippen LogP contribution in [0.15, 0.2) is 33.8 Å². The second-order valence-corrected chi connectivity index (χ2v) is 5.08. The zero-order valence-electron chi connectivity index (χ0n) is 8.31. The topological polar surface area (TPSA) is 42.9 Å². The molecule has 2 aromatic rings. The Balaban J connectivity index is 2.26. The van der Waals surface area contributed by atoms with Gasteiger partial charge in [0.15, 0.2) is 10.1 Å². The van der Waals surface area contributed by atoms with Crippen molar-refractivity contribution in [1.82, 2.24) is 9.36 Å². The van der Waals surface area contributed by atoms with Crippen molar-refractivity contribution in [1.29, 1.82) is 0 Å². The molecule has 0 spiro atoms. The van der Waals surface area contributed by atoms with E-state index >= 15 is 0 Å². The molecule has 0 amide bonds. The van der Waals surface area contributed by atoms with E-state index < -0.39 is 5.82 Å². The second-order valence-electron chi connectivity index (χ2n) is 3.01. The van der Waals surface area contributed by atoms with Crippen molar-refractivity contribution in [2.45, 2.75) is 16.2 Å². The Labute approximate surface area is 99.9 Å². The van der Waals surface area contributed by atoms with Gasteiger partial charge in [0.05, 0.1) is 4.90 Å². The van der Waals surface area contributed by atoms with E-state index in [1.165, 1.54) is 42.6 Å². The summed E-state index contributed by atoms with van der Waals surface area (Å²) >= 11 is 2.41. The lowest BCUT2D eigenvalue weighted by atomic mass is 10.1. The maximum absolute atomic E-state index is 13.6. The number of hydrogen-bond donors (Lipinski definition) is 0. The van der Waals surface area contributed by atoms with Crippen LogP contribution in [0.2, 0.25) is 0 Å². The van der Waals surface area contributed by atoms with Gasteiger partial charge >= 0.3 is 0 Å². The first kappa shape index (κ1) is 11.2. The zero-order valence-corrected chi connectivity index (χ0v) is 9.94. The quantitative estimate of drug-likeness (QED) is 0.790.